The van der Waals surface area contributed by atoms with Crippen LogP contribution in [-0.2, 0) is 6.54 Å². The normalized spacial score (nSPS) is 10.3. The highest BCUT2D eigenvalue weighted by Crippen LogP contribution is 2.15. The summed E-state index contributed by atoms with van der Waals surface area (Å²) >= 11 is 1.49. The van der Waals surface area contributed by atoms with Crippen LogP contribution in [0, 0.1) is 6.92 Å². The van der Waals surface area contributed by atoms with Crippen molar-refractivity contribution >= 4 is 23.2 Å². The standard InChI is InChI=1S/C13H13N3O3S/c1-8-11(20-7-15-8)6-16(2)12(17)10-4-3-9(5-14-10)13(18)19/h3-5,7H,6H2,1-2H3,(H,18,19). The number of carbonyl (C=O) groups excluding carboxylic acids is 1. The van der Waals surface area contributed by atoms with E-state index in [1.807, 2.05) is 6.92 Å². The number of hydrogen-bond donors (Lipinski definition) is 1. The zero-order valence-electron chi connectivity index (χ0n) is 11.0. The van der Waals surface area contributed by atoms with E-state index in [0.29, 0.717) is 6.54 Å². The highest BCUT2D eigenvalue weighted by atomic mass is 32.1. The second kappa shape index (κ2) is 5.79. The molecule has 0 spiro atoms. The van der Waals surface area contributed by atoms with Gasteiger partial charge in [-0.2, -0.15) is 0 Å². The molecule has 2 heterocycles. The van der Waals surface area contributed by atoms with Crippen molar-refractivity contribution in [2.24, 2.45) is 0 Å². The Balaban J connectivity index is 2.10. The quantitative estimate of drug-likeness (QED) is 0.929. The summed E-state index contributed by atoms with van der Waals surface area (Å²) < 4.78 is 0. The van der Waals surface area contributed by atoms with E-state index in [9.17, 15) is 9.59 Å². The summed E-state index contributed by atoms with van der Waals surface area (Å²) in [6.07, 6.45) is 1.18. The molecule has 6 nitrogen and oxygen atoms in total. The summed E-state index contributed by atoms with van der Waals surface area (Å²) in [6.45, 7) is 2.35. The highest BCUT2D eigenvalue weighted by Gasteiger charge is 2.16. The Labute approximate surface area is 119 Å². The van der Waals surface area contributed by atoms with Crippen LogP contribution >= 0.6 is 11.3 Å². The molecule has 0 aliphatic carbocycles. The molecule has 0 aromatic carbocycles. The molecule has 0 saturated carbocycles. The minimum Gasteiger partial charge on any atom is -0.478 e. The van der Waals surface area contributed by atoms with Crippen molar-refractivity contribution < 1.29 is 14.7 Å². The number of pyridine rings is 1. The first kappa shape index (κ1) is 14.1. The number of nitrogens with zero attached hydrogens (tertiary/aromatic N) is 3. The van der Waals surface area contributed by atoms with Crippen molar-refractivity contribution in [2.45, 2.75) is 13.5 Å². The van der Waals surface area contributed by atoms with Gasteiger partial charge in [-0.15, -0.1) is 11.3 Å². The van der Waals surface area contributed by atoms with Gasteiger partial charge in [0.1, 0.15) is 5.69 Å². The summed E-state index contributed by atoms with van der Waals surface area (Å²) in [5.41, 5.74) is 2.93. The molecule has 0 aliphatic heterocycles. The molecule has 2 aromatic rings. The molecular weight excluding hydrogens is 278 g/mol. The number of carboxylic acids is 1. The van der Waals surface area contributed by atoms with Gasteiger partial charge in [0.15, 0.2) is 0 Å². The first-order valence-electron chi connectivity index (χ1n) is 5.83. The summed E-state index contributed by atoms with van der Waals surface area (Å²) in [5, 5.41) is 8.78. The average Bonchev–Trinajstić information content (AvgIpc) is 2.83. The average molecular weight is 291 g/mol. The van der Waals surface area contributed by atoms with Gasteiger partial charge in [-0.1, -0.05) is 0 Å². The third-order valence-corrected chi connectivity index (χ3v) is 3.72. The third kappa shape index (κ3) is 3.00. The lowest BCUT2D eigenvalue weighted by Gasteiger charge is -2.16. The first-order chi connectivity index (χ1) is 9.49. The van der Waals surface area contributed by atoms with Crippen LogP contribution in [0.25, 0.3) is 0 Å². The van der Waals surface area contributed by atoms with Crippen LogP contribution in [0.5, 0.6) is 0 Å². The van der Waals surface area contributed by atoms with Gasteiger partial charge in [-0.05, 0) is 19.1 Å². The van der Waals surface area contributed by atoms with Crippen molar-refractivity contribution in [3.63, 3.8) is 0 Å². The lowest BCUT2D eigenvalue weighted by molar-refractivity contribution is 0.0694. The largest absolute Gasteiger partial charge is 0.478 e. The first-order valence-corrected chi connectivity index (χ1v) is 6.70. The fraction of sp³-hybridized carbons (Fsp3) is 0.231. The molecule has 2 rings (SSSR count). The maximum Gasteiger partial charge on any atom is 0.337 e. The fourth-order valence-electron chi connectivity index (χ4n) is 1.61. The van der Waals surface area contributed by atoms with Crippen LogP contribution in [0.4, 0.5) is 0 Å². The van der Waals surface area contributed by atoms with E-state index < -0.39 is 5.97 Å². The molecule has 20 heavy (non-hydrogen) atoms. The van der Waals surface area contributed by atoms with Gasteiger partial charge in [-0.25, -0.2) is 9.78 Å². The minimum absolute atomic E-state index is 0.0579. The smallest absolute Gasteiger partial charge is 0.337 e. The summed E-state index contributed by atoms with van der Waals surface area (Å²) in [5.74, 6) is -1.32. The Morgan fingerprint density at radius 2 is 2.10 bits per heavy atom. The number of thiazole rings is 1. The summed E-state index contributed by atoms with van der Waals surface area (Å²) in [7, 11) is 1.67. The molecule has 0 saturated heterocycles. The number of rotatable bonds is 4. The van der Waals surface area contributed by atoms with Crippen LogP contribution in [0.2, 0.25) is 0 Å². The molecule has 2 aromatic heterocycles. The van der Waals surface area contributed by atoms with Crippen LogP contribution in [0.15, 0.2) is 23.8 Å². The summed E-state index contributed by atoms with van der Waals surface area (Å²) in [6, 6.07) is 2.79. The molecule has 1 N–H and O–H groups in total. The molecule has 0 fully saturated rings. The molecular formula is C13H13N3O3S. The molecule has 0 aliphatic rings. The lowest BCUT2D eigenvalue weighted by atomic mass is 10.2. The van der Waals surface area contributed by atoms with Crippen LogP contribution in [0.3, 0.4) is 0 Å². The van der Waals surface area contributed by atoms with Gasteiger partial charge < -0.3 is 10.0 Å². The predicted molar refractivity (Wildman–Crippen MR) is 73.8 cm³/mol. The molecule has 104 valence electrons. The van der Waals surface area contributed by atoms with E-state index in [4.69, 9.17) is 5.11 Å². The molecule has 0 atom stereocenters. The number of aromatic carboxylic acids is 1. The van der Waals surface area contributed by atoms with Gasteiger partial charge in [0.05, 0.1) is 23.3 Å². The Morgan fingerprint density at radius 3 is 2.60 bits per heavy atom. The van der Waals surface area contributed by atoms with E-state index in [0.717, 1.165) is 10.6 Å². The zero-order chi connectivity index (χ0) is 14.7. The monoisotopic (exact) mass is 291 g/mol. The maximum atomic E-state index is 12.2. The van der Waals surface area contributed by atoms with Gasteiger partial charge in [0, 0.05) is 18.1 Å². The molecule has 0 radical (unpaired) electrons. The van der Waals surface area contributed by atoms with E-state index in [1.54, 1.807) is 12.6 Å². The van der Waals surface area contributed by atoms with Crippen LogP contribution in [0.1, 0.15) is 31.4 Å². The number of aryl methyl sites for hydroxylation is 1. The zero-order valence-corrected chi connectivity index (χ0v) is 11.8. The van der Waals surface area contributed by atoms with Crippen molar-refractivity contribution in [1.29, 1.82) is 0 Å². The predicted octanol–water partition coefficient (Wildman–Crippen LogP) is 1.82. The highest BCUT2D eigenvalue weighted by molar-refractivity contribution is 7.09. The fourth-order valence-corrected chi connectivity index (χ4v) is 2.44. The lowest BCUT2D eigenvalue weighted by Crippen LogP contribution is -2.27. The Bertz CT molecular complexity index is 637. The maximum absolute atomic E-state index is 12.2. The van der Waals surface area contributed by atoms with Crippen molar-refractivity contribution in [3.8, 4) is 0 Å². The van der Waals surface area contributed by atoms with Crippen molar-refractivity contribution in [3.05, 3.63) is 45.7 Å². The topological polar surface area (TPSA) is 83.4 Å². The Kier molecular flexibility index (Phi) is 4.09. The second-order valence-corrected chi connectivity index (χ2v) is 5.20. The minimum atomic E-state index is -1.06. The van der Waals surface area contributed by atoms with Gasteiger partial charge >= 0.3 is 5.97 Å². The molecule has 7 heteroatoms. The Morgan fingerprint density at radius 1 is 1.35 bits per heavy atom. The van der Waals surface area contributed by atoms with Gasteiger partial charge in [0.2, 0.25) is 0 Å². The van der Waals surface area contributed by atoms with Crippen molar-refractivity contribution in [1.82, 2.24) is 14.9 Å². The van der Waals surface area contributed by atoms with E-state index in [-0.39, 0.29) is 17.2 Å². The second-order valence-electron chi connectivity index (χ2n) is 4.26. The van der Waals surface area contributed by atoms with Crippen molar-refractivity contribution in [2.75, 3.05) is 7.05 Å². The van der Waals surface area contributed by atoms with E-state index >= 15 is 0 Å². The van der Waals surface area contributed by atoms with Crippen LogP contribution in [-0.4, -0.2) is 38.9 Å². The number of carboxylic acid groups (broad SMARTS) is 1. The summed E-state index contributed by atoms with van der Waals surface area (Å²) in [4.78, 5) is 33.5. The third-order valence-electron chi connectivity index (χ3n) is 2.80. The SMILES string of the molecule is Cc1ncsc1CN(C)C(=O)c1ccc(C(=O)O)cn1. The number of hydrogen-bond acceptors (Lipinski definition) is 5. The van der Waals surface area contributed by atoms with E-state index in [2.05, 4.69) is 9.97 Å². The van der Waals surface area contributed by atoms with E-state index in [1.165, 1.54) is 34.6 Å². The number of amides is 1. The van der Waals surface area contributed by atoms with Gasteiger partial charge in [0.25, 0.3) is 5.91 Å². The number of aromatic nitrogens is 2. The van der Waals surface area contributed by atoms with Gasteiger partial charge in [-0.3, -0.25) is 9.78 Å². The molecule has 0 bridgehead atoms. The number of carbonyl (C=O) groups is 2. The molecule has 0 unspecified atom stereocenters. The Hall–Kier alpha value is -2.28. The molecule has 1 amide bonds. The van der Waals surface area contributed by atoms with Crippen LogP contribution < -0.4 is 0 Å².